The van der Waals surface area contributed by atoms with Crippen molar-refractivity contribution in [2.45, 2.75) is 19.3 Å². The third-order valence-electron chi connectivity index (χ3n) is 2.83. The van der Waals surface area contributed by atoms with Crippen LogP contribution in [0.1, 0.15) is 18.4 Å². The van der Waals surface area contributed by atoms with Gasteiger partial charge in [0.2, 0.25) is 5.91 Å². The van der Waals surface area contributed by atoms with Gasteiger partial charge < -0.3 is 10.6 Å². The maximum Gasteiger partial charge on any atom is 0.227 e. The van der Waals surface area contributed by atoms with Crippen LogP contribution in [0.2, 0.25) is 0 Å². The highest BCUT2D eigenvalue weighted by Gasteiger charge is 2.23. The van der Waals surface area contributed by atoms with Gasteiger partial charge in [0, 0.05) is 23.1 Å². The summed E-state index contributed by atoms with van der Waals surface area (Å²) in [6.45, 7) is 1.38. The number of anilines is 1. The lowest BCUT2D eigenvalue weighted by molar-refractivity contribution is -0.118. The molecule has 17 heavy (non-hydrogen) atoms. The number of carbonyl (C=O) groups is 1. The molecule has 94 valence electrons. The number of nitrogens with two attached hydrogens (primary N) is 1. The van der Waals surface area contributed by atoms with Crippen LogP contribution in [0, 0.1) is 0 Å². The van der Waals surface area contributed by atoms with Crippen LogP contribution in [0.5, 0.6) is 0 Å². The molecule has 0 fully saturated rings. The van der Waals surface area contributed by atoms with Gasteiger partial charge in [0.1, 0.15) is 0 Å². The molecule has 1 aromatic rings. The highest BCUT2D eigenvalue weighted by atomic mass is 79.9. The van der Waals surface area contributed by atoms with Crippen molar-refractivity contribution in [2.75, 3.05) is 18.0 Å². The monoisotopic (exact) mass is 318 g/mol. The average Bonchev–Trinajstić information content (AvgIpc) is 2.68. The normalized spacial score (nSPS) is 13.2. The Kier molecular flexibility index (Phi) is 5.43. The van der Waals surface area contributed by atoms with Gasteiger partial charge in [0.15, 0.2) is 0 Å². The molecule has 1 amide bonds. The zero-order valence-corrected chi connectivity index (χ0v) is 11.9. The summed E-state index contributed by atoms with van der Waals surface area (Å²) in [7, 11) is 0. The standard InChI is InChI=1S/C12H15BrN2O.ClH/c13-10-3-4-11-9(8-10)5-7-15(11)12(16)2-1-6-14;/h3-4,8H,1-2,5-7,14H2;1H. The van der Waals surface area contributed by atoms with Crippen molar-refractivity contribution in [3.8, 4) is 0 Å². The zero-order chi connectivity index (χ0) is 11.5. The van der Waals surface area contributed by atoms with E-state index in [-0.39, 0.29) is 18.3 Å². The molecule has 0 aromatic heterocycles. The van der Waals surface area contributed by atoms with Crippen LogP contribution in [0.15, 0.2) is 22.7 Å². The van der Waals surface area contributed by atoms with Gasteiger partial charge in [-0.05, 0) is 43.1 Å². The molecule has 2 rings (SSSR count). The summed E-state index contributed by atoms with van der Waals surface area (Å²) in [5, 5.41) is 0. The van der Waals surface area contributed by atoms with Crippen molar-refractivity contribution in [1.29, 1.82) is 0 Å². The Morgan fingerprint density at radius 1 is 1.47 bits per heavy atom. The van der Waals surface area contributed by atoms with E-state index in [2.05, 4.69) is 22.0 Å². The van der Waals surface area contributed by atoms with E-state index in [0.717, 1.165) is 29.5 Å². The first-order chi connectivity index (χ1) is 7.72. The second-order valence-corrected chi connectivity index (χ2v) is 4.88. The molecule has 0 bridgehead atoms. The third kappa shape index (κ3) is 3.21. The molecule has 0 atom stereocenters. The average molecular weight is 320 g/mol. The van der Waals surface area contributed by atoms with Crippen LogP contribution >= 0.6 is 28.3 Å². The first kappa shape index (κ1) is 14.5. The largest absolute Gasteiger partial charge is 0.330 e. The van der Waals surface area contributed by atoms with E-state index >= 15 is 0 Å². The van der Waals surface area contributed by atoms with Gasteiger partial charge in [-0.1, -0.05) is 15.9 Å². The van der Waals surface area contributed by atoms with Gasteiger partial charge in [-0.3, -0.25) is 4.79 Å². The van der Waals surface area contributed by atoms with Crippen molar-refractivity contribution in [3.63, 3.8) is 0 Å². The number of rotatable bonds is 3. The number of amides is 1. The molecule has 1 aromatic carbocycles. The maximum absolute atomic E-state index is 11.9. The first-order valence-electron chi connectivity index (χ1n) is 5.51. The third-order valence-corrected chi connectivity index (χ3v) is 3.33. The zero-order valence-electron chi connectivity index (χ0n) is 9.49. The predicted molar refractivity (Wildman–Crippen MR) is 75.7 cm³/mol. The Morgan fingerprint density at radius 2 is 2.24 bits per heavy atom. The highest BCUT2D eigenvalue weighted by molar-refractivity contribution is 9.10. The van der Waals surface area contributed by atoms with Crippen LogP contribution in [0.4, 0.5) is 5.69 Å². The molecule has 0 radical (unpaired) electrons. The number of hydrogen-bond donors (Lipinski definition) is 1. The molecule has 0 saturated carbocycles. The summed E-state index contributed by atoms with van der Waals surface area (Å²) in [5.74, 6) is 0.187. The van der Waals surface area contributed by atoms with Gasteiger partial charge in [-0.2, -0.15) is 0 Å². The molecular formula is C12H16BrClN2O. The van der Waals surface area contributed by atoms with Crippen LogP contribution < -0.4 is 10.6 Å². The minimum absolute atomic E-state index is 0. The summed E-state index contributed by atoms with van der Waals surface area (Å²) in [5.41, 5.74) is 7.72. The lowest BCUT2D eigenvalue weighted by Gasteiger charge is -2.17. The quantitative estimate of drug-likeness (QED) is 0.930. The van der Waals surface area contributed by atoms with Crippen LogP contribution in [0.25, 0.3) is 0 Å². The Bertz CT molecular complexity index is 411. The number of fused-ring (bicyclic) bond motifs is 1. The fraction of sp³-hybridized carbons (Fsp3) is 0.417. The minimum atomic E-state index is 0. The Balaban J connectivity index is 0.00000144. The molecule has 0 saturated heterocycles. The van der Waals surface area contributed by atoms with E-state index in [4.69, 9.17) is 5.73 Å². The summed E-state index contributed by atoms with van der Waals surface area (Å²) >= 11 is 3.44. The number of halogens is 2. The first-order valence-corrected chi connectivity index (χ1v) is 6.30. The molecule has 0 aliphatic carbocycles. The number of hydrogen-bond acceptors (Lipinski definition) is 2. The Morgan fingerprint density at radius 3 is 2.94 bits per heavy atom. The van der Waals surface area contributed by atoms with Crippen molar-refractivity contribution >= 4 is 39.9 Å². The molecule has 3 nitrogen and oxygen atoms in total. The second kappa shape index (κ2) is 6.38. The van der Waals surface area contributed by atoms with Gasteiger partial charge in [-0.15, -0.1) is 12.4 Å². The topological polar surface area (TPSA) is 46.3 Å². The maximum atomic E-state index is 11.9. The van der Waals surface area contributed by atoms with Crippen molar-refractivity contribution in [3.05, 3.63) is 28.2 Å². The van der Waals surface area contributed by atoms with Gasteiger partial charge in [0.25, 0.3) is 0 Å². The highest BCUT2D eigenvalue weighted by Crippen LogP contribution is 2.30. The SMILES string of the molecule is Cl.NCCCC(=O)N1CCc2cc(Br)ccc21. The lowest BCUT2D eigenvalue weighted by atomic mass is 10.2. The molecule has 1 aliphatic rings. The van der Waals surface area contributed by atoms with E-state index in [0.29, 0.717) is 13.0 Å². The number of benzene rings is 1. The minimum Gasteiger partial charge on any atom is -0.330 e. The molecule has 2 N–H and O–H groups in total. The van der Waals surface area contributed by atoms with Gasteiger partial charge in [-0.25, -0.2) is 0 Å². The fourth-order valence-corrected chi connectivity index (χ4v) is 2.43. The van der Waals surface area contributed by atoms with E-state index in [1.807, 2.05) is 17.0 Å². The van der Waals surface area contributed by atoms with Crippen LogP contribution in [0.3, 0.4) is 0 Å². The number of nitrogens with zero attached hydrogens (tertiary/aromatic N) is 1. The van der Waals surface area contributed by atoms with Crippen LogP contribution in [-0.4, -0.2) is 19.0 Å². The van der Waals surface area contributed by atoms with Gasteiger partial charge >= 0.3 is 0 Å². The van der Waals surface area contributed by atoms with Crippen LogP contribution in [-0.2, 0) is 11.2 Å². The van der Waals surface area contributed by atoms with Crippen molar-refractivity contribution in [1.82, 2.24) is 0 Å². The molecular weight excluding hydrogens is 304 g/mol. The van der Waals surface area contributed by atoms with Crippen molar-refractivity contribution < 1.29 is 4.79 Å². The van der Waals surface area contributed by atoms with E-state index in [1.165, 1.54) is 5.56 Å². The summed E-state index contributed by atoms with van der Waals surface area (Å²) in [6, 6.07) is 6.08. The van der Waals surface area contributed by atoms with Gasteiger partial charge in [0.05, 0.1) is 0 Å². The summed E-state index contributed by atoms with van der Waals surface area (Å²) in [6.07, 6.45) is 2.26. The molecule has 5 heteroatoms. The van der Waals surface area contributed by atoms with E-state index in [9.17, 15) is 4.79 Å². The Hall–Kier alpha value is -0.580. The molecule has 0 spiro atoms. The smallest absolute Gasteiger partial charge is 0.227 e. The number of carbonyl (C=O) groups excluding carboxylic acids is 1. The van der Waals surface area contributed by atoms with E-state index in [1.54, 1.807) is 0 Å². The molecule has 0 unspecified atom stereocenters. The molecule has 1 heterocycles. The fourth-order valence-electron chi connectivity index (χ4n) is 2.02. The molecule has 1 aliphatic heterocycles. The summed E-state index contributed by atoms with van der Waals surface area (Å²) < 4.78 is 1.07. The second-order valence-electron chi connectivity index (χ2n) is 3.96. The van der Waals surface area contributed by atoms with Crippen molar-refractivity contribution in [2.24, 2.45) is 5.73 Å². The predicted octanol–water partition coefficient (Wildman–Crippen LogP) is 2.50. The Labute approximate surface area is 116 Å². The summed E-state index contributed by atoms with van der Waals surface area (Å²) in [4.78, 5) is 13.8. The lowest BCUT2D eigenvalue weighted by Crippen LogP contribution is -2.29. The van der Waals surface area contributed by atoms with E-state index < -0.39 is 0 Å².